The number of halogens is 1. The van der Waals surface area contributed by atoms with E-state index in [0.29, 0.717) is 11.4 Å². The lowest BCUT2D eigenvalue weighted by Gasteiger charge is -2.12. The fraction of sp³-hybridized carbons (Fsp3) is 0.150. The first-order valence-corrected chi connectivity index (χ1v) is 9.71. The number of anilines is 2. The van der Waals surface area contributed by atoms with Crippen LogP contribution in [-0.2, 0) is 11.3 Å². The molecule has 0 saturated heterocycles. The van der Waals surface area contributed by atoms with Crippen LogP contribution in [0.5, 0.6) is 5.75 Å². The zero-order valence-electron chi connectivity index (χ0n) is 14.5. The number of benzene rings is 2. The molecule has 2 N–H and O–H groups in total. The first-order valence-electron chi connectivity index (χ1n) is 8.10. The third-order valence-corrected chi connectivity index (χ3v) is 5.59. The Labute approximate surface area is 165 Å². The fourth-order valence-electron chi connectivity index (χ4n) is 2.56. The summed E-state index contributed by atoms with van der Waals surface area (Å²) in [6, 6.07) is 18.1. The third kappa shape index (κ3) is 4.45. The molecule has 1 heterocycles. The lowest BCUT2D eigenvalue weighted by atomic mass is 10.2. The normalized spacial score (nSPS) is 10.4. The summed E-state index contributed by atoms with van der Waals surface area (Å²) in [4.78, 5) is 13.7. The largest absolute Gasteiger partial charge is 0.494 e. The van der Waals surface area contributed by atoms with Crippen molar-refractivity contribution < 1.29 is 9.53 Å². The van der Waals surface area contributed by atoms with Crippen molar-refractivity contribution in [1.29, 1.82) is 0 Å². The van der Waals surface area contributed by atoms with E-state index in [1.165, 1.54) is 22.2 Å². The van der Waals surface area contributed by atoms with Crippen LogP contribution in [0.4, 0.5) is 11.4 Å². The SMILES string of the molecule is COc1cc(NCc2ccc(-c3ccccc3Br)s2)ccc1NC(C)=O. The minimum Gasteiger partial charge on any atom is -0.494 e. The van der Waals surface area contributed by atoms with E-state index < -0.39 is 0 Å². The summed E-state index contributed by atoms with van der Waals surface area (Å²) >= 11 is 5.36. The number of amides is 1. The van der Waals surface area contributed by atoms with Gasteiger partial charge in [-0.2, -0.15) is 0 Å². The number of carbonyl (C=O) groups excluding carboxylic acids is 1. The lowest BCUT2D eigenvalue weighted by molar-refractivity contribution is -0.114. The number of nitrogens with one attached hydrogen (secondary N) is 2. The molecule has 3 aromatic rings. The summed E-state index contributed by atoms with van der Waals surface area (Å²) in [6.45, 7) is 2.20. The van der Waals surface area contributed by atoms with Crippen molar-refractivity contribution in [2.75, 3.05) is 17.7 Å². The molecule has 3 rings (SSSR count). The molecule has 134 valence electrons. The number of thiophene rings is 1. The average Bonchev–Trinajstić information content (AvgIpc) is 3.09. The van der Waals surface area contributed by atoms with Crippen LogP contribution >= 0.6 is 27.3 Å². The Morgan fingerprint density at radius 3 is 2.69 bits per heavy atom. The Morgan fingerprint density at radius 2 is 1.96 bits per heavy atom. The predicted molar refractivity (Wildman–Crippen MR) is 112 cm³/mol. The van der Waals surface area contributed by atoms with Gasteiger partial charge in [-0.05, 0) is 30.3 Å². The van der Waals surface area contributed by atoms with Crippen molar-refractivity contribution >= 4 is 44.5 Å². The smallest absolute Gasteiger partial charge is 0.221 e. The molecule has 0 aliphatic rings. The second-order valence-corrected chi connectivity index (χ2v) is 7.72. The van der Waals surface area contributed by atoms with Crippen LogP contribution in [0.3, 0.4) is 0 Å². The molecule has 0 saturated carbocycles. The maximum absolute atomic E-state index is 11.2. The van der Waals surface area contributed by atoms with Gasteiger partial charge >= 0.3 is 0 Å². The molecule has 1 amide bonds. The molecule has 6 heteroatoms. The number of ether oxygens (including phenoxy) is 1. The molecule has 4 nitrogen and oxygen atoms in total. The van der Waals surface area contributed by atoms with Crippen molar-refractivity contribution in [3.8, 4) is 16.2 Å². The fourth-order valence-corrected chi connectivity index (χ4v) is 4.18. The number of hydrogen-bond donors (Lipinski definition) is 2. The molecule has 0 spiro atoms. The van der Waals surface area contributed by atoms with Gasteiger partial charge < -0.3 is 15.4 Å². The zero-order chi connectivity index (χ0) is 18.5. The predicted octanol–water partition coefficient (Wildman–Crippen LogP) is 5.76. The topological polar surface area (TPSA) is 50.4 Å². The first-order chi connectivity index (χ1) is 12.6. The summed E-state index contributed by atoms with van der Waals surface area (Å²) in [7, 11) is 1.59. The van der Waals surface area contributed by atoms with Gasteiger partial charge in [0.2, 0.25) is 5.91 Å². The third-order valence-electron chi connectivity index (χ3n) is 3.78. The van der Waals surface area contributed by atoms with E-state index in [1.807, 2.05) is 30.3 Å². The van der Waals surface area contributed by atoms with Gasteiger partial charge in [0.05, 0.1) is 12.8 Å². The van der Waals surface area contributed by atoms with E-state index in [-0.39, 0.29) is 5.91 Å². The van der Waals surface area contributed by atoms with E-state index in [4.69, 9.17) is 4.74 Å². The molecule has 1 aromatic heterocycles. The molecule has 0 radical (unpaired) electrons. The number of hydrogen-bond acceptors (Lipinski definition) is 4. The number of methoxy groups -OCH3 is 1. The summed E-state index contributed by atoms with van der Waals surface area (Å²) in [5.41, 5.74) is 2.80. The van der Waals surface area contributed by atoms with Gasteiger partial charge in [-0.15, -0.1) is 11.3 Å². The van der Waals surface area contributed by atoms with Crippen molar-refractivity contribution in [2.45, 2.75) is 13.5 Å². The van der Waals surface area contributed by atoms with Gasteiger partial charge in [0.1, 0.15) is 5.75 Å². The molecule has 2 aromatic carbocycles. The van der Waals surface area contributed by atoms with Crippen molar-refractivity contribution in [3.63, 3.8) is 0 Å². The Balaban J connectivity index is 1.70. The molecule has 0 fully saturated rings. The van der Waals surface area contributed by atoms with Crippen molar-refractivity contribution in [2.24, 2.45) is 0 Å². The highest BCUT2D eigenvalue weighted by molar-refractivity contribution is 9.10. The zero-order valence-corrected chi connectivity index (χ0v) is 16.9. The molecule has 0 unspecified atom stereocenters. The van der Waals surface area contributed by atoms with E-state index in [9.17, 15) is 4.79 Å². The number of carbonyl (C=O) groups is 1. The van der Waals surface area contributed by atoms with Crippen LogP contribution in [0.1, 0.15) is 11.8 Å². The summed E-state index contributed by atoms with van der Waals surface area (Å²) in [6.07, 6.45) is 0. The van der Waals surface area contributed by atoms with E-state index in [0.717, 1.165) is 16.7 Å². The van der Waals surface area contributed by atoms with Gasteiger partial charge in [0.25, 0.3) is 0 Å². The highest BCUT2D eigenvalue weighted by Crippen LogP contribution is 2.34. The molecule has 26 heavy (non-hydrogen) atoms. The maximum Gasteiger partial charge on any atom is 0.221 e. The van der Waals surface area contributed by atoms with Gasteiger partial charge in [-0.25, -0.2) is 0 Å². The lowest BCUT2D eigenvalue weighted by Crippen LogP contribution is -2.07. The quantitative estimate of drug-likeness (QED) is 0.522. The van der Waals surface area contributed by atoms with E-state index in [1.54, 1.807) is 18.4 Å². The molecular formula is C20H19BrN2O2S. The van der Waals surface area contributed by atoms with Gasteiger partial charge in [0, 0.05) is 45.0 Å². The minimum absolute atomic E-state index is 0.123. The Morgan fingerprint density at radius 1 is 1.15 bits per heavy atom. The molecule has 0 aliphatic heterocycles. The molecular weight excluding hydrogens is 412 g/mol. The van der Waals surface area contributed by atoms with E-state index in [2.05, 4.69) is 50.8 Å². The van der Waals surface area contributed by atoms with Crippen LogP contribution in [0.15, 0.2) is 59.1 Å². The second kappa shape index (κ2) is 8.38. The van der Waals surface area contributed by atoms with Gasteiger partial charge in [0.15, 0.2) is 0 Å². The average molecular weight is 431 g/mol. The first kappa shape index (κ1) is 18.5. The van der Waals surface area contributed by atoms with Crippen molar-refractivity contribution in [3.05, 3.63) is 63.9 Å². The molecule has 0 aliphatic carbocycles. The van der Waals surface area contributed by atoms with Crippen LogP contribution in [0.25, 0.3) is 10.4 Å². The Kier molecular flexibility index (Phi) is 5.96. The Bertz CT molecular complexity index is 924. The molecule has 0 atom stereocenters. The van der Waals surface area contributed by atoms with Crippen molar-refractivity contribution in [1.82, 2.24) is 0 Å². The van der Waals surface area contributed by atoms with Gasteiger partial charge in [-0.3, -0.25) is 4.79 Å². The maximum atomic E-state index is 11.2. The van der Waals surface area contributed by atoms with E-state index >= 15 is 0 Å². The molecule has 0 bridgehead atoms. The van der Waals surface area contributed by atoms with Crippen LogP contribution in [-0.4, -0.2) is 13.0 Å². The second-order valence-electron chi connectivity index (χ2n) is 5.70. The number of rotatable bonds is 6. The summed E-state index contributed by atoms with van der Waals surface area (Å²) in [5, 5.41) is 6.16. The minimum atomic E-state index is -0.123. The van der Waals surface area contributed by atoms with Crippen LogP contribution in [0.2, 0.25) is 0 Å². The van der Waals surface area contributed by atoms with Crippen LogP contribution in [0, 0.1) is 0 Å². The van der Waals surface area contributed by atoms with Crippen LogP contribution < -0.4 is 15.4 Å². The summed E-state index contributed by atoms with van der Waals surface area (Å²) < 4.78 is 6.45. The Hall–Kier alpha value is -2.31. The highest BCUT2D eigenvalue weighted by atomic mass is 79.9. The standard InChI is InChI=1S/C20H19BrN2O2S/c1-13(24)23-18-9-7-14(11-19(18)25-2)22-12-15-8-10-20(26-15)16-5-3-4-6-17(16)21/h3-11,22H,12H2,1-2H3,(H,23,24). The monoisotopic (exact) mass is 430 g/mol. The summed E-state index contributed by atoms with van der Waals surface area (Å²) in [5.74, 6) is 0.507. The van der Waals surface area contributed by atoms with Gasteiger partial charge in [-0.1, -0.05) is 34.1 Å². The highest BCUT2D eigenvalue weighted by Gasteiger charge is 2.08.